The summed E-state index contributed by atoms with van der Waals surface area (Å²) in [6, 6.07) is 11.7. The molecule has 5 rings (SSSR count). The first-order chi connectivity index (χ1) is 17.2. The summed E-state index contributed by atoms with van der Waals surface area (Å²) < 4.78 is 39.2. The first kappa shape index (κ1) is 23.8. The Hall–Kier alpha value is -3.93. The van der Waals surface area contributed by atoms with Gasteiger partial charge < -0.3 is 15.2 Å². The number of amides is 1. The lowest BCUT2D eigenvalue weighted by molar-refractivity contribution is -0.162. The lowest BCUT2D eigenvalue weighted by Crippen LogP contribution is -2.49. The molecule has 0 saturated carbocycles. The van der Waals surface area contributed by atoms with Crippen LogP contribution in [0.5, 0.6) is 0 Å². The maximum absolute atomic E-state index is 12.5. The Morgan fingerprint density at radius 3 is 2.64 bits per heavy atom. The maximum atomic E-state index is 12.5. The van der Waals surface area contributed by atoms with E-state index in [0.717, 1.165) is 27.9 Å². The Kier molecular flexibility index (Phi) is 6.35. The predicted octanol–water partition coefficient (Wildman–Crippen LogP) is 3.70. The fourth-order valence-corrected chi connectivity index (χ4v) is 4.26. The van der Waals surface area contributed by atoms with Gasteiger partial charge >= 0.3 is 6.18 Å². The van der Waals surface area contributed by atoms with Crippen molar-refractivity contribution in [2.24, 2.45) is 7.05 Å². The predicted molar refractivity (Wildman–Crippen MR) is 128 cm³/mol. The van der Waals surface area contributed by atoms with E-state index in [2.05, 4.69) is 30.3 Å². The SMILES string of the molecule is Cn1ccc(-c2ccc3nc(Nc4cc(CN5CCN(C(=O)CC(F)(F)F)CC5)ccn4)[nH]c3c2)n1. The first-order valence-corrected chi connectivity index (χ1v) is 11.5. The second kappa shape index (κ2) is 9.61. The number of pyridine rings is 1. The number of nitrogens with zero attached hydrogens (tertiary/aromatic N) is 6. The number of hydrogen-bond donors (Lipinski definition) is 2. The van der Waals surface area contributed by atoms with Gasteiger partial charge in [-0.1, -0.05) is 6.07 Å². The van der Waals surface area contributed by atoms with Crippen molar-refractivity contribution in [1.82, 2.24) is 34.5 Å². The number of benzene rings is 1. The quantitative estimate of drug-likeness (QED) is 0.421. The van der Waals surface area contributed by atoms with Crippen molar-refractivity contribution in [1.29, 1.82) is 0 Å². The number of H-pyrrole nitrogens is 1. The summed E-state index contributed by atoms with van der Waals surface area (Å²) in [4.78, 5) is 27.4. The summed E-state index contributed by atoms with van der Waals surface area (Å²) >= 11 is 0. The second-order valence-electron chi connectivity index (χ2n) is 8.82. The van der Waals surface area contributed by atoms with Crippen LogP contribution in [0.1, 0.15) is 12.0 Å². The van der Waals surface area contributed by atoms with E-state index in [1.165, 1.54) is 4.90 Å². The Morgan fingerprint density at radius 1 is 1.11 bits per heavy atom. The van der Waals surface area contributed by atoms with Crippen molar-refractivity contribution in [2.45, 2.75) is 19.1 Å². The third kappa shape index (κ3) is 5.65. The second-order valence-corrected chi connectivity index (χ2v) is 8.82. The topological polar surface area (TPSA) is 95.0 Å². The minimum atomic E-state index is -4.48. The summed E-state index contributed by atoms with van der Waals surface area (Å²) in [7, 11) is 1.88. The highest BCUT2D eigenvalue weighted by atomic mass is 19.4. The van der Waals surface area contributed by atoms with Crippen LogP contribution in [0, 0.1) is 0 Å². The van der Waals surface area contributed by atoms with E-state index in [1.54, 1.807) is 10.9 Å². The largest absolute Gasteiger partial charge is 0.397 e. The molecule has 1 saturated heterocycles. The fraction of sp³-hybridized carbons (Fsp3) is 0.333. The number of carbonyl (C=O) groups is 1. The Morgan fingerprint density at radius 2 is 1.92 bits per heavy atom. The number of nitrogens with one attached hydrogen (secondary N) is 2. The lowest BCUT2D eigenvalue weighted by atomic mass is 10.1. The molecule has 0 radical (unpaired) electrons. The van der Waals surface area contributed by atoms with Gasteiger partial charge in [0.25, 0.3) is 0 Å². The monoisotopic (exact) mass is 498 g/mol. The van der Waals surface area contributed by atoms with Gasteiger partial charge in [-0.25, -0.2) is 9.97 Å². The van der Waals surface area contributed by atoms with Gasteiger partial charge in [-0.05, 0) is 35.9 Å². The number of aryl methyl sites for hydroxylation is 1. The average molecular weight is 499 g/mol. The Balaban J connectivity index is 1.20. The van der Waals surface area contributed by atoms with Crippen LogP contribution in [-0.2, 0) is 18.4 Å². The Labute approximate surface area is 204 Å². The number of carbonyl (C=O) groups excluding carboxylic acids is 1. The van der Waals surface area contributed by atoms with Gasteiger partial charge in [-0.15, -0.1) is 0 Å². The summed E-state index contributed by atoms with van der Waals surface area (Å²) in [5.41, 5.74) is 4.54. The van der Waals surface area contributed by atoms with Crippen LogP contribution >= 0.6 is 0 Å². The van der Waals surface area contributed by atoms with Crippen molar-refractivity contribution < 1.29 is 18.0 Å². The third-order valence-electron chi connectivity index (χ3n) is 6.04. The molecule has 4 aromatic rings. The molecular formula is C24H25F3N8O. The first-order valence-electron chi connectivity index (χ1n) is 11.5. The number of piperazine rings is 1. The molecule has 188 valence electrons. The molecule has 36 heavy (non-hydrogen) atoms. The molecule has 1 amide bonds. The number of imidazole rings is 1. The molecule has 3 aromatic heterocycles. The van der Waals surface area contributed by atoms with Crippen LogP contribution in [0.25, 0.3) is 22.3 Å². The summed E-state index contributed by atoms with van der Waals surface area (Å²) in [5, 5.41) is 7.64. The normalized spacial score (nSPS) is 14.9. The van der Waals surface area contributed by atoms with Gasteiger partial charge in [-0.3, -0.25) is 14.4 Å². The van der Waals surface area contributed by atoms with Crippen LogP contribution in [0.15, 0.2) is 48.8 Å². The number of aromatic amines is 1. The van der Waals surface area contributed by atoms with Gasteiger partial charge in [0.1, 0.15) is 12.2 Å². The number of anilines is 2. The number of alkyl halides is 3. The van der Waals surface area contributed by atoms with E-state index in [4.69, 9.17) is 0 Å². The highest BCUT2D eigenvalue weighted by Gasteiger charge is 2.34. The van der Waals surface area contributed by atoms with E-state index in [-0.39, 0.29) is 13.1 Å². The van der Waals surface area contributed by atoms with Crippen LogP contribution in [0.2, 0.25) is 0 Å². The van der Waals surface area contributed by atoms with Gasteiger partial charge in [0.15, 0.2) is 0 Å². The van der Waals surface area contributed by atoms with Crippen LogP contribution in [-0.4, -0.2) is 72.8 Å². The molecule has 1 fully saturated rings. The zero-order chi connectivity index (χ0) is 25.3. The third-order valence-corrected chi connectivity index (χ3v) is 6.04. The number of hydrogen-bond acceptors (Lipinski definition) is 6. The Bertz CT molecular complexity index is 1370. The van der Waals surface area contributed by atoms with Crippen molar-refractivity contribution in [3.63, 3.8) is 0 Å². The van der Waals surface area contributed by atoms with Crippen LogP contribution < -0.4 is 5.32 Å². The van der Waals surface area contributed by atoms with Crippen molar-refractivity contribution in [3.05, 3.63) is 54.4 Å². The maximum Gasteiger partial charge on any atom is 0.397 e. The molecule has 1 aliphatic heterocycles. The smallest absolute Gasteiger partial charge is 0.340 e. The molecule has 0 bridgehead atoms. The fourth-order valence-electron chi connectivity index (χ4n) is 4.26. The van der Waals surface area contributed by atoms with Gasteiger partial charge in [0.05, 0.1) is 16.7 Å². The number of fused-ring (bicyclic) bond motifs is 1. The molecule has 2 N–H and O–H groups in total. The molecule has 9 nitrogen and oxygen atoms in total. The van der Waals surface area contributed by atoms with Crippen molar-refractivity contribution >= 4 is 28.7 Å². The van der Waals surface area contributed by atoms with Crippen molar-refractivity contribution in [2.75, 3.05) is 31.5 Å². The minimum absolute atomic E-state index is 0.282. The van der Waals surface area contributed by atoms with Crippen LogP contribution in [0.3, 0.4) is 0 Å². The minimum Gasteiger partial charge on any atom is -0.340 e. The van der Waals surface area contributed by atoms with E-state index in [0.29, 0.717) is 31.4 Å². The van der Waals surface area contributed by atoms with E-state index in [9.17, 15) is 18.0 Å². The highest BCUT2D eigenvalue weighted by molar-refractivity contribution is 5.83. The van der Waals surface area contributed by atoms with Gasteiger partial charge in [-0.2, -0.15) is 18.3 Å². The van der Waals surface area contributed by atoms with E-state index >= 15 is 0 Å². The van der Waals surface area contributed by atoms with E-state index in [1.807, 2.05) is 49.6 Å². The average Bonchev–Trinajstić information content (AvgIpc) is 3.43. The van der Waals surface area contributed by atoms with E-state index < -0.39 is 18.5 Å². The molecule has 4 heterocycles. The number of halogens is 3. The number of aromatic nitrogens is 5. The summed E-state index contributed by atoms with van der Waals surface area (Å²) in [6.07, 6.45) is -2.29. The highest BCUT2D eigenvalue weighted by Crippen LogP contribution is 2.25. The molecule has 0 unspecified atom stereocenters. The standard InChI is InChI=1S/C24H25F3N8O/c1-33-7-5-18(32-33)17-2-3-19-20(13-17)30-23(29-19)31-21-12-16(4-6-28-21)15-34-8-10-35(11-9-34)22(36)14-24(25,26)27/h2-7,12-13H,8-11,14-15H2,1H3,(H2,28,29,30,31). The summed E-state index contributed by atoms with van der Waals surface area (Å²) in [5.74, 6) is 0.315. The molecule has 1 aliphatic rings. The molecule has 12 heteroatoms. The zero-order valence-corrected chi connectivity index (χ0v) is 19.6. The zero-order valence-electron chi connectivity index (χ0n) is 19.6. The molecule has 0 atom stereocenters. The number of rotatable bonds is 6. The molecule has 0 spiro atoms. The van der Waals surface area contributed by atoms with Crippen LogP contribution in [0.4, 0.5) is 24.9 Å². The van der Waals surface area contributed by atoms with Crippen molar-refractivity contribution in [3.8, 4) is 11.3 Å². The molecule has 0 aliphatic carbocycles. The van der Waals surface area contributed by atoms with Gasteiger partial charge in [0, 0.05) is 57.7 Å². The lowest BCUT2D eigenvalue weighted by Gasteiger charge is -2.35. The molecule has 1 aromatic carbocycles. The van der Waals surface area contributed by atoms with Gasteiger partial charge in [0.2, 0.25) is 11.9 Å². The summed E-state index contributed by atoms with van der Waals surface area (Å²) in [6.45, 7) is 2.19. The molecular weight excluding hydrogens is 473 g/mol.